The molecule has 2 aromatic heterocycles. The maximum atomic E-state index is 13.2. The lowest BCUT2D eigenvalue weighted by Crippen LogP contribution is -2.21. The molecule has 0 aliphatic rings. The molecule has 114 valence electrons. The van der Waals surface area contributed by atoms with E-state index in [0.717, 1.165) is 5.56 Å². The second-order valence-electron chi connectivity index (χ2n) is 5.30. The van der Waals surface area contributed by atoms with Gasteiger partial charge in [0.2, 0.25) is 0 Å². The molecule has 2 heterocycles. The molecule has 0 atom stereocenters. The zero-order chi connectivity index (χ0) is 16.0. The molecule has 0 saturated heterocycles. The highest BCUT2D eigenvalue weighted by Gasteiger charge is 2.07. The molecule has 0 amide bonds. The average Bonchev–Trinajstić information content (AvgIpc) is 2.89. The largest absolute Gasteiger partial charge is 0.323 e. The summed E-state index contributed by atoms with van der Waals surface area (Å²) in [6.45, 7) is 0.308. The van der Waals surface area contributed by atoms with Crippen LogP contribution in [0.25, 0.3) is 21.9 Å². The van der Waals surface area contributed by atoms with Gasteiger partial charge in [0, 0.05) is 6.07 Å². The van der Waals surface area contributed by atoms with Crippen molar-refractivity contribution in [2.75, 3.05) is 0 Å². The smallest absolute Gasteiger partial charge is 0.306 e. The molecule has 0 radical (unpaired) electrons. The first-order chi connectivity index (χ1) is 11.1. The molecule has 0 bridgehead atoms. The van der Waals surface area contributed by atoms with E-state index in [0.29, 0.717) is 28.5 Å². The SMILES string of the molecule is O=c1[nH]c2ccc(Cn3cnc4cc(F)ccc4c3=O)cc2[nH]1. The monoisotopic (exact) mass is 310 g/mol. The highest BCUT2D eigenvalue weighted by atomic mass is 19.1. The van der Waals surface area contributed by atoms with Crippen LogP contribution in [0.3, 0.4) is 0 Å². The van der Waals surface area contributed by atoms with Crippen molar-refractivity contribution < 1.29 is 4.39 Å². The summed E-state index contributed by atoms with van der Waals surface area (Å²) in [7, 11) is 0. The molecule has 0 saturated carbocycles. The normalized spacial score (nSPS) is 11.3. The number of halogens is 1. The van der Waals surface area contributed by atoms with Crippen molar-refractivity contribution in [1.29, 1.82) is 0 Å². The van der Waals surface area contributed by atoms with Crippen molar-refractivity contribution in [3.05, 3.63) is 74.9 Å². The van der Waals surface area contributed by atoms with Crippen LogP contribution in [-0.4, -0.2) is 19.5 Å². The second kappa shape index (κ2) is 4.91. The van der Waals surface area contributed by atoms with Crippen molar-refractivity contribution in [3.8, 4) is 0 Å². The predicted molar refractivity (Wildman–Crippen MR) is 84.0 cm³/mol. The van der Waals surface area contributed by atoms with Crippen molar-refractivity contribution in [1.82, 2.24) is 19.5 Å². The van der Waals surface area contributed by atoms with Gasteiger partial charge < -0.3 is 9.97 Å². The number of H-pyrrole nitrogens is 2. The van der Waals surface area contributed by atoms with E-state index < -0.39 is 5.82 Å². The lowest BCUT2D eigenvalue weighted by Gasteiger charge is -2.07. The number of rotatable bonds is 2. The van der Waals surface area contributed by atoms with Crippen LogP contribution in [0.15, 0.2) is 52.3 Å². The number of nitrogens with zero attached hydrogens (tertiary/aromatic N) is 2. The Labute approximate surface area is 128 Å². The van der Waals surface area contributed by atoms with Gasteiger partial charge in [-0.05, 0) is 29.8 Å². The number of benzene rings is 2. The van der Waals surface area contributed by atoms with E-state index in [9.17, 15) is 14.0 Å². The Morgan fingerprint density at radius 3 is 2.74 bits per heavy atom. The minimum Gasteiger partial charge on any atom is -0.306 e. The third kappa shape index (κ3) is 2.32. The maximum Gasteiger partial charge on any atom is 0.323 e. The molecule has 4 aromatic rings. The van der Waals surface area contributed by atoms with Gasteiger partial charge in [0.1, 0.15) is 5.82 Å². The Balaban J connectivity index is 1.79. The van der Waals surface area contributed by atoms with Crippen molar-refractivity contribution in [2.24, 2.45) is 0 Å². The van der Waals surface area contributed by atoms with E-state index in [4.69, 9.17) is 0 Å². The zero-order valence-electron chi connectivity index (χ0n) is 11.8. The Bertz CT molecular complexity index is 1160. The first-order valence-corrected chi connectivity index (χ1v) is 6.96. The van der Waals surface area contributed by atoms with Gasteiger partial charge in [-0.25, -0.2) is 14.2 Å². The summed E-state index contributed by atoms with van der Waals surface area (Å²) < 4.78 is 14.6. The standard InChI is InChI=1S/C16H11FN4O2/c17-10-2-3-11-13(6-10)18-8-21(15(11)22)7-9-1-4-12-14(5-9)20-16(23)19-12/h1-6,8H,7H2,(H2,19,20,23). The van der Waals surface area contributed by atoms with Crippen LogP contribution >= 0.6 is 0 Å². The fourth-order valence-electron chi connectivity index (χ4n) is 2.62. The molecule has 0 fully saturated rings. The van der Waals surface area contributed by atoms with Gasteiger partial charge in [0.05, 0.1) is 34.8 Å². The fourth-order valence-corrected chi connectivity index (χ4v) is 2.62. The number of hydrogen-bond acceptors (Lipinski definition) is 3. The predicted octanol–water partition coefficient (Wildman–Crippen LogP) is 1.75. The van der Waals surface area contributed by atoms with E-state index in [1.165, 1.54) is 29.1 Å². The summed E-state index contributed by atoms with van der Waals surface area (Å²) in [5.41, 5.74) is 2.05. The Hall–Kier alpha value is -3.22. The molecule has 0 aliphatic carbocycles. The van der Waals surface area contributed by atoms with E-state index in [1.54, 1.807) is 12.1 Å². The first kappa shape index (κ1) is 13.4. The Morgan fingerprint density at radius 2 is 1.87 bits per heavy atom. The summed E-state index contributed by atoms with van der Waals surface area (Å²) in [6.07, 6.45) is 1.40. The molecular formula is C16H11FN4O2. The highest BCUT2D eigenvalue weighted by molar-refractivity contribution is 5.77. The quantitative estimate of drug-likeness (QED) is 0.591. The minimum atomic E-state index is -0.427. The van der Waals surface area contributed by atoms with E-state index >= 15 is 0 Å². The third-order valence-electron chi connectivity index (χ3n) is 3.72. The molecular weight excluding hydrogens is 299 g/mol. The molecule has 2 N–H and O–H groups in total. The number of imidazole rings is 1. The van der Waals surface area contributed by atoms with Gasteiger partial charge in [0.25, 0.3) is 5.56 Å². The fraction of sp³-hybridized carbons (Fsp3) is 0.0625. The van der Waals surface area contributed by atoms with Crippen LogP contribution in [0.2, 0.25) is 0 Å². The van der Waals surface area contributed by atoms with Gasteiger partial charge in [-0.2, -0.15) is 0 Å². The zero-order valence-corrected chi connectivity index (χ0v) is 11.8. The van der Waals surface area contributed by atoms with E-state index in [2.05, 4.69) is 15.0 Å². The minimum absolute atomic E-state index is 0.238. The first-order valence-electron chi connectivity index (χ1n) is 6.96. The molecule has 6 nitrogen and oxygen atoms in total. The summed E-state index contributed by atoms with van der Waals surface area (Å²) >= 11 is 0. The van der Waals surface area contributed by atoms with Crippen molar-refractivity contribution in [2.45, 2.75) is 6.54 Å². The molecule has 4 rings (SSSR count). The summed E-state index contributed by atoms with van der Waals surface area (Å²) in [5, 5.41) is 0.366. The Morgan fingerprint density at radius 1 is 1.04 bits per heavy atom. The molecule has 7 heteroatoms. The van der Waals surface area contributed by atoms with Crippen LogP contribution in [0.4, 0.5) is 4.39 Å². The van der Waals surface area contributed by atoms with Crippen LogP contribution in [0.5, 0.6) is 0 Å². The number of aromatic nitrogens is 4. The topological polar surface area (TPSA) is 83.5 Å². The second-order valence-corrected chi connectivity index (χ2v) is 5.30. The van der Waals surface area contributed by atoms with Crippen LogP contribution in [0, 0.1) is 5.82 Å². The number of fused-ring (bicyclic) bond motifs is 2. The maximum absolute atomic E-state index is 13.2. The summed E-state index contributed by atoms with van der Waals surface area (Å²) in [5.74, 6) is -0.427. The van der Waals surface area contributed by atoms with Crippen molar-refractivity contribution >= 4 is 21.9 Å². The highest BCUT2D eigenvalue weighted by Crippen LogP contribution is 2.12. The number of nitrogens with one attached hydrogen (secondary N) is 2. The summed E-state index contributed by atoms with van der Waals surface area (Å²) in [4.78, 5) is 33.2. The van der Waals surface area contributed by atoms with Crippen LogP contribution in [-0.2, 0) is 6.54 Å². The van der Waals surface area contributed by atoms with Gasteiger partial charge in [-0.15, -0.1) is 0 Å². The van der Waals surface area contributed by atoms with E-state index in [1.807, 2.05) is 6.07 Å². The molecule has 2 aromatic carbocycles. The van der Waals surface area contributed by atoms with Gasteiger partial charge in [0.15, 0.2) is 0 Å². The number of hydrogen-bond donors (Lipinski definition) is 2. The average molecular weight is 310 g/mol. The Kier molecular flexibility index (Phi) is 2.87. The third-order valence-corrected chi connectivity index (χ3v) is 3.72. The molecule has 23 heavy (non-hydrogen) atoms. The van der Waals surface area contributed by atoms with E-state index in [-0.39, 0.29) is 11.2 Å². The molecule has 0 unspecified atom stereocenters. The van der Waals surface area contributed by atoms with Crippen LogP contribution in [0.1, 0.15) is 5.56 Å². The van der Waals surface area contributed by atoms with Gasteiger partial charge in [-0.3, -0.25) is 9.36 Å². The van der Waals surface area contributed by atoms with Crippen LogP contribution < -0.4 is 11.2 Å². The molecule has 0 spiro atoms. The lowest BCUT2D eigenvalue weighted by molar-refractivity contribution is 0.629. The van der Waals surface area contributed by atoms with Gasteiger partial charge in [-0.1, -0.05) is 6.07 Å². The van der Waals surface area contributed by atoms with Crippen molar-refractivity contribution in [3.63, 3.8) is 0 Å². The van der Waals surface area contributed by atoms with Gasteiger partial charge >= 0.3 is 5.69 Å². The number of aromatic amines is 2. The molecule has 0 aliphatic heterocycles. The lowest BCUT2D eigenvalue weighted by atomic mass is 10.2. The summed E-state index contributed by atoms with van der Waals surface area (Å²) in [6, 6.07) is 9.31.